The van der Waals surface area contributed by atoms with E-state index >= 15 is 0 Å². The van der Waals surface area contributed by atoms with E-state index in [0.29, 0.717) is 6.07 Å². The van der Waals surface area contributed by atoms with Gasteiger partial charge in [0.25, 0.3) is 0 Å². The fourth-order valence-corrected chi connectivity index (χ4v) is 1.44. The molecule has 17 heavy (non-hydrogen) atoms. The Morgan fingerprint density at radius 3 is 2.12 bits per heavy atom. The summed E-state index contributed by atoms with van der Waals surface area (Å²) in [6, 6.07) is -2.00. The SMILES string of the molecule is Cl.N[C@@H](c1cc(Br)c(F)c(F)c1O)C(F)(F)F. The van der Waals surface area contributed by atoms with Crippen LogP contribution >= 0.6 is 28.3 Å². The number of halogens is 7. The Hall–Kier alpha value is -0.600. The molecular weight excluding hydrogens is 336 g/mol. The number of phenolic OH excluding ortho intramolecular Hbond substituents is 1. The van der Waals surface area contributed by atoms with Crippen LogP contribution in [0.5, 0.6) is 5.75 Å². The van der Waals surface area contributed by atoms with E-state index in [1.165, 1.54) is 0 Å². The van der Waals surface area contributed by atoms with Crippen molar-refractivity contribution in [2.75, 3.05) is 0 Å². The van der Waals surface area contributed by atoms with Gasteiger partial charge in [-0.2, -0.15) is 17.6 Å². The van der Waals surface area contributed by atoms with Crippen molar-refractivity contribution < 1.29 is 27.1 Å². The topological polar surface area (TPSA) is 46.2 Å². The molecule has 2 nitrogen and oxygen atoms in total. The first-order valence-corrected chi connectivity index (χ1v) is 4.64. The molecule has 1 aromatic rings. The summed E-state index contributed by atoms with van der Waals surface area (Å²) in [5.41, 5.74) is 3.83. The van der Waals surface area contributed by atoms with Crippen molar-refractivity contribution in [3.05, 3.63) is 27.7 Å². The van der Waals surface area contributed by atoms with Crippen molar-refractivity contribution in [1.82, 2.24) is 0 Å². The zero-order valence-electron chi connectivity index (χ0n) is 7.86. The third-order valence-electron chi connectivity index (χ3n) is 1.85. The van der Waals surface area contributed by atoms with Crippen LogP contribution in [0.3, 0.4) is 0 Å². The van der Waals surface area contributed by atoms with Crippen molar-refractivity contribution in [3.63, 3.8) is 0 Å². The molecule has 0 unspecified atom stereocenters. The van der Waals surface area contributed by atoms with Crippen LogP contribution in [-0.2, 0) is 0 Å². The van der Waals surface area contributed by atoms with E-state index in [4.69, 9.17) is 10.8 Å². The molecule has 0 fully saturated rings. The van der Waals surface area contributed by atoms with Crippen LogP contribution in [0, 0.1) is 11.6 Å². The van der Waals surface area contributed by atoms with Crippen LogP contribution in [0.2, 0.25) is 0 Å². The summed E-state index contributed by atoms with van der Waals surface area (Å²) in [6.45, 7) is 0. The standard InChI is InChI=1S/C8H5BrF5NO.ClH/c9-3-1-2(7(15)8(12,13)14)6(16)5(11)4(3)10;/h1,7,16H,15H2;1H/t7-;/m0./s1. The minimum absolute atomic E-state index is 0. The zero-order valence-corrected chi connectivity index (χ0v) is 10.3. The van der Waals surface area contributed by atoms with E-state index in [1.54, 1.807) is 0 Å². The summed E-state index contributed by atoms with van der Waals surface area (Å²) < 4.78 is 61.8. The van der Waals surface area contributed by atoms with Gasteiger partial charge in [0.15, 0.2) is 11.6 Å². The average Bonchev–Trinajstić information content (AvgIpc) is 2.18. The zero-order chi connectivity index (χ0) is 12.7. The molecule has 0 aliphatic heterocycles. The summed E-state index contributed by atoms with van der Waals surface area (Å²) in [5, 5.41) is 9.02. The first-order chi connectivity index (χ1) is 7.16. The smallest absolute Gasteiger partial charge is 0.407 e. The van der Waals surface area contributed by atoms with Crippen LogP contribution in [0.15, 0.2) is 10.5 Å². The fourth-order valence-electron chi connectivity index (χ4n) is 1.02. The van der Waals surface area contributed by atoms with Gasteiger partial charge in [-0.05, 0) is 22.0 Å². The van der Waals surface area contributed by atoms with Gasteiger partial charge in [0, 0.05) is 5.56 Å². The monoisotopic (exact) mass is 341 g/mol. The first kappa shape index (κ1) is 16.4. The Morgan fingerprint density at radius 1 is 1.24 bits per heavy atom. The van der Waals surface area contributed by atoms with Gasteiger partial charge in [0.2, 0.25) is 5.82 Å². The minimum Gasteiger partial charge on any atom is -0.505 e. The third kappa shape index (κ3) is 3.20. The van der Waals surface area contributed by atoms with Crippen molar-refractivity contribution in [3.8, 4) is 5.75 Å². The second-order valence-electron chi connectivity index (χ2n) is 2.94. The maximum Gasteiger partial charge on any atom is 0.407 e. The summed E-state index contributed by atoms with van der Waals surface area (Å²) >= 11 is 2.52. The molecule has 0 radical (unpaired) electrons. The number of aromatic hydroxyl groups is 1. The second kappa shape index (κ2) is 5.36. The highest BCUT2D eigenvalue weighted by molar-refractivity contribution is 9.10. The Balaban J connectivity index is 0.00000256. The highest BCUT2D eigenvalue weighted by Crippen LogP contribution is 2.38. The number of hydrogen-bond acceptors (Lipinski definition) is 2. The van der Waals surface area contributed by atoms with Gasteiger partial charge in [-0.3, -0.25) is 0 Å². The Morgan fingerprint density at radius 2 is 1.71 bits per heavy atom. The fraction of sp³-hybridized carbons (Fsp3) is 0.250. The quantitative estimate of drug-likeness (QED) is 0.607. The molecule has 98 valence electrons. The number of benzene rings is 1. The summed E-state index contributed by atoms with van der Waals surface area (Å²) in [5.74, 6) is -4.69. The molecule has 3 N–H and O–H groups in total. The summed E-state index contributed by atoms with van der Waals surface area (Å²) in [6.07, 6.45) is -4.86. The van der Waals surface area contributed by atoms with Crippen LogP contribution in [0.25, 0.3) is 0 Å². The molecule has 0 aliphatic carbocycles. The first-order valence-electron chi connectivity index (χ1n) is 3.85. The number of hydrogen-bond donors (Lipinski definition) is 2. The maximum absolute atomic E-state index is 12.9. The van der Waals surface area contributed by atoms with E-state index in [-0.39, 0.29) is 12.4 Å². The highest BCUT2D eigenvalue weighted by atomic mass is 79.9. The number of phenols is 1. The molecule has 0 saturated heterocycles. The molecule has 0 aliphatic rings. The summed E-state index contributed by atoms with van der Waals surface area (Å²) in [4.78, 5) is 0. The molecule has 9 heteroatoms. The third-order valence-corrected chi connectivity index (χ3v) is 2.43. The maximum atomic E-state index is 12.9. The van der Waals surface area contributed by atoms with Gasteiger partial charge in [0.05, 0.1) is 4.47 Å². The lowest BCUT2D eigenvalue weighted by molar-refractivity contribution is -0.149. The second-order valence-corrected chi connectivity index (χ2v) is 3.80. The van der Waals surface area contributed by atoms with Gasteiger partial charge in [-0.25, -0.2) is 4.39 Å². The van der Waals surface area contributed by atoms with E-state index < -0.39 is 39.6 Å². The van der Waals surface area contributed by atoms with Gasteiger partial charge in [-0.15, -0.1) is 12.4 Å². The lowest BCUT2D eigenvalue weighted by Crippen LogP contribution is -2.28. The van der Waals surface area contributed by atoms with Crippen LogP contribution in [-0.4, -0.2) is 11.3 Å². The van der Waals surface area contributed by atoms with Crippen LogP contribution in [0.4, 0.5) is 22.0 Å². The van der Waals surface area contributed by atoms with E-state index in [9.17, 15) is 22.0 Å². The van der Waals surface area contributed by atoms with Crippen molar-refractivity contribution in [2.45, 2.75) is 12.2 Å². The lowest BCUT2D eigenvalue weighted by Gasteiger charge is -2.17. The van der Waals surface area contributed by atoms with Gasteiger partial charge < -0.3 is 10.8 Å². The molecule has 0 saturated carbocycles. The van der Waals surface area contributed by atoms with Crippen LogP contribution < -0.4 is 5.73 Å². The van der Waals surface area contributed by atoms with Crippen LogP contribution in [0.1, 0.15) is 11.6 Å². The van der Waals surface area contributed by atoms with Gasteiger partial charge in [-0.1, -0.05) is 0 Å². The molecule has 1 rings (SSSR count). The van der Waals surface area contributed by atoms with Crippen molar-refractivity contribution in [2.24, 2.45) is 5.73 Å². The average molecular weight is 342 g/mol. The molecule has 0 aromatic heterocycles. The normalized spacial score (nSPS) is 13.1. The van der Waals surface area contributed by atoms with E-state index in [2.05, 4.69) is 15.9 Å². The Bertz CT molecular complexity index is 425. The van der Waals surface area contributed by atoms with Crippen molar-refractivity contribution in [1.29, 1.82) is 0 Å². The number of rotatable bonds is 1. The molecular formula is C8H6BrClF5NO. The molecule has 0 heterocycles. The van der Waals surface area contributed by atoms with E-state index in [0.717, 1.165) is 0 Å². The lowest BCUT2D eigenvalue weighted by atomic mass is 10.1. The number of alkyl halides is 3. The molecule has 0 spiro atoms. The molecule has 1 aromatic carbocycles. The van der Waals surface area contributed by atoms with E-state index in [1.807, 2.05) is 0 Å². The van der Waals surface area contributed by atoms with Gasteiger partial charge in [0.1, 0.15) is 6.04 Å². The predicted molar refractivity (Wildman–Crippen MR) is 56.0 cm³/mol. The predicted octanol–water partition coefficient (Wildman–Crippen LogP) is 3.42. The minimum atomic E-state index is -4.86. The highest BCUT2D eigenvalue weighted by Gasteiger charge is 2.40. The van der Waals surface area contributed by atoms with Crippen molar-refractivity contribution >= 4 is 28.3 Å². The molecule has 0 bridgehead atoms. The number of nitrogens with two attached hydrogens (primary N) is 1. The van der Waals surface area contributed by atoms with Gasteiger partial charge >= 0.3 is 6.18 Å². The Kier molecular flexibility index (Phi) is 5.17. The summed E-state index contributed by atoms with van der Waals surface area (Å²) in [7, 11) is 0. The Labute approximate surface area is 107 Å². The molecule has 0 amide bonds. The largest absolute Gasteiger partial charge is 0.505 e. The molecule has 1 atom stereocenters.